The number of anilines is 2. The van der Waals surface area contributed by atoms with Crippen LogP contribution in [0.3, 0.4) is 0 Å². The van der Waals surface area contributed by atoms with Gasteiger partial charge < -0.3 is 20.1 Å². The Morgan fingerprint density at radius 3 is 2.44 bits per heavy atom. The van der Waals surface area contributed by atoms with Crippen molar-refractivity contribution in [2.45, 2.75) is 13.8 Å². The Balaban J connectivity index is 1.74. The van der Waals surface area contributed by atoms with Crippen molar-refractivity contribution < 1.29 is 19.1 Å². The molecule has 2 amide bonds. The highest BCUT2D eigenvalue weighted by molar-refractivity contribution is 6.32. The van der Waals surface area contributed by atoms with Crippen molar-refractivity contribution in [2.75, 3.05) is 24.4 Å². The van der Waals surface area contributed by atoms with Gasteiger partial charge in [-0.3, -0.25) is 9.59 Å². The second kappa shape index (κ2) is 12.1. The predicted octanol–water partition coefficient (Wildman–Crippen LogP) is 6.18. The molecule has 0 saturated heterocycles. The third kappa shape index (κ3) is 6.79. The smallest absolute Gasteiger partial charge is 0.266 e. The average molecular weight is 524 g/mol. The molecular formula is C27H23Cl2N3O4. The van der Waals surface area contributed by atoms with E-state index in [0.717, 1.165) is 11.1 Å². The Morgan fingerprint density at radius 1 is 1.06 bits per heavy atom. The summed E-state index contributed by atoms with van der Waals surface area (Å²) in [6.45, 7) is 3.58. The van der Waals surface area contributed by atoms with Crippen LogP contribution in [-0.2, 0) is 9.59 Å². The topological polar surface area (TPSA) is 100 Å². The Hall–Kier alpha value is -3.99. The molecule has 0 spiro atoms. The van der Waals surface area contributed by atoms with Crippen LogP contribution in [0.15, 0.2) is 60.2 Å². The number of benzene rings is 3. The van der Waals surface area contributed by atoms with Crippen LogP contribution in [0.25, 0.3) is 6.08 Å². The van der Waals surface area contributed by atoms with Crippen molar-refractivity contribution >= 4 is 52.5 Å². The molecule has 0 aliphatic heterocycles. The predicted molar refractivity (Wildman–Crippen MR) is 142 cm³/mol. The molecule has 0 saturated carbocycles. The van der Waals surface area contributed by atoms with Crippen LogP contribution in [-0.4, -0.2) is 25.5 Å². The van der Waals surface area contributed by atoms with Gasteiger partial charge in [-0.1, -0.05) is 35.3 Å². The van der Waals surface area contributed by atoms with Crippen LogP contribution in [0.4, 0.5) is 11.4 Å². The maximum atomic E-state index is 12.5. The molecule has 3 aromatic rings. The van der Waals surface area contributed by atoms with Crippen LogP contribution >= 0.6 is 23.2 Å². The molecule has 0 bridgehead atoms. The van der Waals surface area contributed by atoms with E-state index in [1.807, 2.05) is 38.1 Å². The molecule has 7 nitrogen and oxygen atoms in total. The summed E-state index contributed by atoms with van der Waals surface area (Å²) in [5.41, 5.74) is 3.50. The van der Waals surface area contributed by atoms with Gasteiger partial charge in [0.1, 0.15) is 11.6 Å². The third-order valence-electron chi connectivity index (χ3n) is 5.26. The van der Waals surface area contributed by atoms with Gasteiger partial charge in [-0.05, 0) is 79.1 Å². The average Bonchev–Trinajstić information content (AvgIpc) is 2.85. The molecule has 2 N–H and O–H groups in total. The van der Waals surface area contributed by atoms with E-state index >= 15 is 0 Å². The minimum absolute atomic E-state index is 0.148. The number of ether oxygens (including phenoxy) is 2. The Kier molecular flexibility index (Phi) is 8.96. The van der Waals surface area contributed by atoms with E-state index in [1.165, 1.54) is 19.3 Å². The zero-order valence-corrected chi connectivity index (χ0v) is 21.3. The Bertz CT molecular complexity index is 1360. The SMILES string of the molecule is COc1cc(/C=C(/C#N)C(=O)Nc2ccc(Cl)cc2)cc(Cl)c1OCC(=O)Nc1cccc(C)c1C. The molecule has 3 rings (SSSR count). The van der Waals surface area contributed by atoms with Crippen molar-refractivity contribution in [1.82, 2.24) is 0 Å². The van der Waals surface area contributed by atoms with Gasteiger partial charge in [-0.25, -0.2) is 0 Å². The van der Waals surface area contributed by atoms with Crippen molar-refractivity contribution in [1.29, 1.82) is 5.26 Å². The summed E-state index contributed by atoms with van der Waals surface area (Å²) in [4.78, 5) is 25.0. The Morgan fingerprint density at radius 2 is 1.78 bits per heavy atom. The lowest BCUT2D eigenvalue weighted by atomic mass is 10.1. The van der Waals surface area contributed by atoms with E-state index in [1.54, 1.807) is 30.3 Å². The summed E-state index contributed by atoms with van der Waals surface area (Å²) < 4.78 is 11.0. The number of rotatable bonds is 8. The molecule has 3 aromatic carbocycles. The van der Waals surface area contributed by atoms with Crippen LogP contribution in [0.1, 0.15) is 16.7 Å². The number of halogens is 2. The van der Waals surface area contributed by atoms with Gasteiger partial charge in [0, 0.05) is 16.4 Å². The number of nitrogens with zero attached hydrogens (tertiary/aromatic N) is 1. The van der Waals surface area contributed by atoms with E-state index in [2.05, 4.69) is 10.6 Å². The van der Waals surface area contributed by atoms with Gasteiger partial charge in [-0.2, -0.15) is 5.26 Å². The molecule has 0 atom stereocenters. The summed E-state index contributed by atoms with van der Waals surface area (Å²) in [6, 6.07) is 17.1. The van der Waals surface area contributed by atoms with Crippen LogP contribution in [0.2, 0.25) is 10.0 Å². The molecule has 0 fully saturated rings. The molecule has 0 radical (unpaired) electrons. The summed E-state index contributed by atoms with van der Waals surface area (Å²) in [5, 5.41) is 15.6. The second-order valence-corrected chi connectivity index (χ2v) is 8.59. The first kappa shape index (κ1) is 26.6. The quantitative estimate of drug-likeness (QED) is 0.271. The molecule has 0 unspecified atom stereocenters. The molecule has 0 heterocycles. The summed E-state index contributed by atoms with van der Waals surface area (Å²) in [5.74, 6) is -0.560. The minimum atomic E-state index is -0.599. The Labute approximate surface area is 219 Å². The zero-order valence-electron chi connectivity index (χ0n) is 19.8. The lowest BCUT2D eigenvalue weighted by molar-refractivity contribution is -0.118. The number of hydrogen-bond donors (Lipinski definition) is 2. The highest BCUT2D eigenvalue weighted by Gasteiger charge is 2.16. The van der Waals surface area contributed by atoms with Crippen molar-refractivity contribution in [2.24, 2.45) is 0 Å². The molecule has 36 heavy (non-hydrogen) atoms. The fourth-order valence-corrected chi connectivity index (χ4v) is 3.62. The fraction of sp³-hybridized carbons (Fsp3) is 0.148. The number of nitriles is 1. The molecular weight excluding hydrogens is 501 g/mol. The first-order valence-electron chi connectivity index (χ1n) is 10.8. The van der Waals surface area contributed by atoms with E-state index < -0.39 is 5.91 Å². The lowest BCUT2D eigenvalue weighted by Crippen LogP contribution is -2.21. The van der Waals surface area contributed by atoms with E-state index in [4.69, 9.17) is 32.7 Å². The van der Waals surface area contributed by atoms with Crippen molar-refractivity contribution in [3.8, 4) is 17.6 Å². The van der Waals surface area contributed by atoms with Gasteiger partial charge in [0.25, 0.3) is 11.8 Å². The molecule has 184 valence electrons. The van der Waals surface area contributed by atoms with Crippen molar-refractivity contribution in [3.05, 3.63) is 86.9 Å². The van der Waals surface area contributed by atoms with Crippen molar-refractivity contribution in [3.63, 3.8) is 0 Å². The largest absolute Gasteiger partial charge is 0.493 e. The fourth-order valence-electron chi connectivity index (χ4n) is 3.22. The van der Waals surface area contributed by atoms with Crippen LogP contribution in [0, 0.1) is 25.2 Å². The summed E-state index contributed by atoms with van der Waals surface area (Å²) in [6.07, 6.45) is 1.37. The molecule has 0 aliphatic rings. The lowest BCUT2D eigenvalue weighted by Gasteiger charge is -2.14. The van der Waals surface area contributed by atoms with Gasteiger partial charge in [0.05, 0.1) is 12.1 Å². The first-order valence-corrected chi connectivity index (χ1v) is 11.5. The third-order valence-corrected chi connectivity index (χ3v) is 5.79. The normalized spacial score (nSPS) is 10.8. The van der Waals surface area contributed by atoms with Gasteiger partial charge in [0.15, 0.2) is 18.1 Å². The number of methoxy groups -OCH3 is 1. The van der Waals surface area contributed by atoms with E-state index in [0.29, 0.717) is 22.0 Å². The highest BCUT2D eigenvalue weighted by atomic mass is 35.5. The second-order valence-electron chi connectivity index (χ2n) is 7.75. The minimum Gasteiger partial charge on any atom is -0.493 e. The maximum absolute atomic E-state index is 12.5. The van der Waals surface area contributed by atoms with Gasteiger partial charge in [-0.15, -0.1) is 0 Å². The van der Waals surface area contributed by atoms with E-state index in [9.17, 15) is 14.9 Å². The highest BCUT2D eigenvalue weighted by Crippen LogP contribution is 2.37. The summed E-state index contributed by atoms with van der Waals surface area (Å²) >= 11 is 12.2. The number of hydrogen-bond acceptors (Lipinski definition) is 5. The monoisotopic (exact) mass is 523 g/mol. The zero-order chi connectivity index (χ0) is 26.2. The summed E-state index contributed by atoms with van der Waals surface area (Å²) in [7, 11) is 1.42. The van der Waals surface area contributed by atoms with Crippen LogP contribution < -0.4 is 20.1 Å². The number of carbonyl (C=O) groups is 2. The standard InChI is InChI=1S/C27H23Cl2N3O4/c1-16-5-4-6-23(17(16)2)32-25(33)15-36-26-22(29)12-18(13-24(26)35-3)11-19(14-30)27(34)31-21-9-7-20(28)8-10-21/h4-13H,15H2,1-3H3,(H,31,34)(H,32,33)/b19-11-. The number of carbonyl (C=O) groups excluding carboxylic acids is 2. The van der Waals surface area contributed by atoms with E-state index in [-0.39, 0.29) is 34.6 Å². The number of amides is 2. The molecule has 0 aromatic heterocycles. The number of nitrogens with one attached hydrogen (secondary N) is 2. The molecule has 0 aliphatic carbocycles. The first-order chi connectivity index (χ1) is 17.2. The van der Waals surface area contributed by atoms with Crippen LogP contribution in [0.5, 0.6) is 11.5 Å². The maximum Gasteiger partial charge on any atom is 0.266 e. The van der Waals surface area contributed by atoms with Gasteiger partial charge >= 0.3 is 0 Å². The van der Waals surface area contributed by atoms with Gasteiger partial charge in [0.2, 0.25) is 0 Å². The number of aryl methyl sites for hydroxylation is 1. The molecule has 9 heteroatoms.